The van der Waals surface area contributed by atoms with Crippen LogP contribution >= 0.6 is 11.3 Å². The Labute approximate surface area is 114 Å². The van der Waals surface area contributed by atoms with E-state index >= 15 is 0 Å². The maximum Gasteiger partial charge on any atom is 0.305 e. The van der Waals surface area contributed by atoms with E-state index in [1.807, 2.05) is 0 Å². The van der Waals surface area contributed by atoms with E-state index in [9.17, 15) is 4.79 Å². The van der Waals surface area contributed by atoms with E-state index in [0.717, 1.165) is 35.4 Å². The van der Waals surface area contributed by atoms with Crippen molar-refractivity contribution in [2.45, 2.75) is 32.2 Å². The number of aromatic nitrogens is 2. The standard InChI is InChI=1S/C13H15N3O2S/c1-8-5-10-12(14-7-15-13(10)19-8)16-4-2-3-9(16)6-11(17)18/h5,7,9H,2-4,6H2,1H3,(H,17,18). The molecule has 100 valence electrons. The molecule has 0 spiro atoms. The molecule has 1 aliphatic heterocycles. The number of thiophene rings is 1. The van der Waals surface area contributed by atoms with Crippen molar-refractivity contribution >= 4 is 33.3 Å². The van der Waals surface area contributed by atoms with Crippen molar-refractivity contribution in [2.75, 3.05) is 11.4 Å². The first-order valence-electron chi connectivity index (χ1n) is 6.35. The van der Waals surface area contributed by atoms with Gasteiger partial charge in [-0.25, -0.2) is 9.97 Å². The van der Waals surface area contributed by atoms with Gasteiger partial charge in [0.1, 0.15) is 17.0 Å². The molecule has 19 heavy (non-hydrogen) atoms. The topological polar surface area (TPSA) is 66.3 Å². The molecule has 0 radical (unpaired) electrons. The average molecular weight is 277 g/mol. The van der Waals surface area contributed by atoms with Crippen LogP contribution < -0.4 is 4.90 Å². The number of carboxylic acids is 1. The third kappa shape index (κ3) is 2.28. The van der Waals surface area contributed by atoms with Crippen LogP contribution in [0, 0.1) is 6.92 Å². The molecule has 2 aromatic rings. The molecule has 1 N–H and O–H groups in total. The monoisotopic (exact) mass is 277 g/mol. The van der Waals surface area contributed by atoms with Gasteiger partial charge in [0.15, 0.2) is 0 Å². The molecule has 1 fully saturated rings. The summed E-state index contributed by atoms with van der Waals surface area (Å²) in [5.74, 6) is 0.141. The predicted octanol–water partition coefficient (Wildman–Crippen LogP) is 2.44. The van der Waals surface area contributed by atoms with Crippen LogP contribution in [0.2, 0.25) is 0 Å². The van der Waals surface area contributed by atoms with Crippen molar-refractivity contribution in [2.24, 2.45) is 0 Å². The quantitative estimate of drug-likeness (QED) is 0.933. The van der Waals surface area contributed by atoms with Crippen molar-refractivity contribution < 1.29 is 9.90 Å². The van der Waals surface area contributed by atoms with Crippen LogP contribution in [0.1, 0.15) is 24.1 Å². The number of hydrogen-bond acceptors (Lipinski definition) is 5. The number of carboxylic acid groups (broad SMARTS) is 1. The summed E-state index contributed by atoms with van der Waals surface area (Å²) >= 11 is 1.65. The Morgan fingerprint density at radius 1 is 1.58 bits per heavy atom. The fourth-order valence-electron chi connectivity index (χ4n) is 2.72. The lowest BCUT2D eigenvalue weighted by molar-refractivity contribution is -0.137. The van der Waals surface area contributed by atoms with E-state index in [-0.39, 0.29) is 12.5 Å². The number of aliphatic carboxylic acids is 1. The second-order valence-electron chi connectivity index (χ2n) is 4.86. The Bertz CT molecular complexity index is 625. The summed E-state index contributed by atoms with van der Waals surface area (Å²) in [4.78, 5) is 23.9. The van der Waals surface area contributed by atoms with Crippen LogP contribution in [0.15, 0.2) is 12.4 Å². The van der Waals surface area contributed by atoms with Gasteiger partial charge in [-0.15, -0.1) is 11.3 Å². The zero-order chi connectivity index (χ0) is 13.4. The van der Waals surface area contributed by atoms with Gasteiger partial charge in [0.25, 0.3) is 0 Å². The lowest BCUT2D eigenvalue weighted by atomic mass is 10.1. The highest BCUT2D eigenvalue weighted by molar-refractivity contribution is 7.18. The van der Waals surface area contributed by atoms with Crippen molar-refractivity contribution in [3.8, 4) is 0 Å². The molecular formula is C13H15N3O2S. The van der Waals surface area contributed by atoms with Crippen LogP contribution in [0.25, 0.3) is 10.2 Å². The first-order chi connectivity index (χ1) is 9.15. The molecule has 6 heteroatoms. The van der Waals surface area contributed by atoms with Gasteiger partial charge in [0.05, 0.1) is 11.8 Å². The fourth-order valence-corrected chi connectivity index (χ4v) is 3.56. The Hall–Kier alpha value is -1.69. The van der Waals surface area contributed by atoms with Gasteiger partial charge >= 0.3 is 5.97 Å². The molecule has 0 saturated carbocycles. The van der Waals surface area contributed by atoms with Crippen LogP contribution in [0.4, 0.5) is 5.82 Å². The highest BCUT2D eigenvalue weighted by Crippen LogP contribution is 2.34. The average Bonchev–Trinajstić information content (AvgIpc) is 2.92. The number of fused-ring (bicyclic) bond motifs is 1. The van der Waals surface area contributed by atoms with Crippen molar-refractivity contribution in [3.05, 3.63) is 17.3 Å². The molecule has 2 aromatic heterocycles. The van der Waals surface area contributed by atoms with Gasteiger partial charge in [-0.1, -0.05) is 0 Å². The SMILES string of the molecule is Cc1cc2c(N3CCCC3CC(=O)O)ncnc2s1. The molecule has 0 aliphatic carbocycles. The maximum atomic E-state index is 10.9. The summed E-state index contributed by atoms with van der Waals surface area (Å²) in [6.07, 6.45) is 3.69. The summed E-state index contributed by atoms with van der Waals surface area (Å²) in [6.45, 7) is 2.92. The van der Waals surface area contributed by atoms with E-state index in [2.05, 4.69) is 27.9 Å². The Balaban J connectivity index is 2.00. The molecule has 0 aromatic carbocycles. The van der Waals surface area contributed by atoms with E-state index in [1.54, 1.807) is 17.7 Å². The Morgan fingerprint density at radius 3 is 3.21 bits per heavy atom. The molecule has 1 aliphatic rings. The molecule has 1 unspecified atom stereocenters. The Kier molecular flexibility index (Phi) is 3.10. The minimum atomic E-state index is -0.747. The second kappa shape index (κ2) is 4.77. The summed E-state index contributed by atoms with van der Waals surface area (Å²) in [5, 5.41) is 10.0. The van der Waals surface area contributed by atoms with Crippen molar-refractivity contribution in [1.29, 1.82) is 0 Å². The molecule has 0 bridgehead atoms. The van der Waals surface area contributed by atoms with Crippen LogP contribution in [0.5, 0.6) is 0 Å². The molecule has 5 nitrogen and oxygen atoms in total. The van der Waals surface area contributed by atoms with Gasteiger partial charge in [-0.2, -0.15) is 0 Å². The van der Waals surface area contributed by atoms with Crippen LogP contribution in [-0.2, 0) is 4.79 Å². The van der Waals surface area contributed by atoms with E-state index in [4.69, 9.17) is 5.11 Å². The smallest absolute Gasteiger partial charge is 0.305 e. The number of anilines is 1. The van der Waals surface area contributed by atoms with Crippen molar-refractivity contribution in [1.82, 2.24) is 9.97 Å². The lowest BCUT2D eigenvalue weighted by Crippen LogP contribution is -2.32. The zero-order valence-electron chi connectivity index (χ0n) is 10.7. The first kappa shape index (κ1) is 12.3. The van der Waals surface area contributed by atoms with Crippen molar-refractivity contribution in [3.63, 3.8) is 0 Å². The molecule has 1 atom stereocenters. The van der Waals surface area contributed by atoms with Gasteiger partial charge in [0, 0.05) is 17.5 Å². The maximum absolute atomic E-state index is 10.9. The summed E-state index contributed by atoms with van der Waals surface area (Å²) < 4.78 is 0. The van der Waals surface area contributed by atoms with Gasteiger partial charge < -0.3 is 10.0 Å². The predicted molar refractivity (Wildman–Crippen MR) is 74.8 cm³/mol. The number of carbonyl (C=O) groups is 1. The third-order valence-corrected chi connectivity index (χ3v) is 4.45. The second-order valence-corrected chi connectivity index (χ2v) is 6.10. The highest BCUT2D eigenvalue weighted by Gasteiger charge is 2.29. The normalized spacial score (nSPS) is 19.2. The number of aryl methyl sites for hydroxylation is 1. The molecule has 1 saturated heterocycles. The number of hydrogen-bond donors (Lipinski definition) is 1. The van der Waals surface area contributed by atoms with E-state index < -0.39 is 5.97 Å². The summed E-state index contributed by atoms with van der Waals surface area (Å²) in [7, 11) is 0. The molecule has 3 heterocycles. The summed E-state index contributed by atoms with van der Waals surface area (Å²) in [5.41, 5.74) is 0. The van der Waals surface area contributed by atoms with Gasteiger partial charge in [-0.3, -0.25) is 4.79 Å². The number of rotatable bonds is 3. The lowest BCUT2D eigenvalue weighted by Gasteiger charge is -2.24. The summed E-state index contributed by atoms with van der Waals surface area (Å²) in [6, 6.07) is 2.14. The third-order valence-electron chi connectivity index (χ3n) is 3.49. The van der Waals surface area contributed by atoms with Crippen LogP contribution in [-0.4, -0.2) is 33.6 Å². The first-order valence-corrected chi connectivity index (χ1v) is 7.16. The fraction of sp³-hybridized carbons (Fsp3) is 0.462. The molecule has 3 rings (SSSR count). The minimum Gasteiger partial charge on any atom is -0.481 e. The highest BCUT2D eigenvalue weighted by atomic mass is 32.1. The minimum absolute atomic E-state index is 0.0517. The molecule has 0 amide bonds. The zero-order valence-corrected chi connectivity index (χ0v) is 11.5. The van der Waals surface area contributed by atoms with Gasteiger partial charge in [0.2, 0.25) is 0 Å². The molecular weight excluding hydrogens is 262 g/mol. The van der Waals surface area contributed by atoms with Gasteiger partial charge in [-0.05, 0) is 25.8 Å². The van der Waals surface area contributed by atoms with Crippen LogP contribution in [0.3, 0.4) is 0 Å². The Morgan fingerprint density at radius 2 is 2.42 bits per heavy atom. The van der Waals surface area contributed by atoms with E-state index in [0.29, 0.717) is 0 Å². The number of nitrogens with zero attached hydrogens (tertiary/aromatic N) is 3. The largest absolute Gasteiger partial charge is 0.481 e. The van der Waals surface area contributed by atoms with E-state index in [1.165, 1.54) is 4.88 Å².